The SMILES string of the molecule is CC(C)CN1C(=O)C[C@H](C(=O)Nc2ccc(OC(F)(F)Cl)cc2)SC1=Nc1ccc(F)cc1. The molecule has 0 saturated carbocycles. The van der Waals surface area contributed by atoms with E-state index in [-0.39, 0.29) is 24.0 Å². The Morgan fingerprint density at radius 3 is 2.45 bits per heavy atom. The summed E-state index contributed by atoms with van der Waals surface area (Å²) in [5.41, 5.74) is -3.06. The summed E-state index contributed by atoms with van der Waals surface area (Å²) in [5, 5.41) is 2.24. The predicted molar refractivity (Wildman–Crippen MR) is 123 cm³/mol. The third-order valence-electron chi connectivity index (χ3n) is 4.39. The number of thioether (sulfide) groups is 1. The molecule has 33 heavy (non-hydrogen) atoms. The summed E-state index contributed by atoms with van der Waals surface area (Å²) in [6.07, 6.45) is -0.0364. The van der Waals surface area contributed by atoms with Gasteiger partial charge in [0.15, 0.2) is 5.17 Å². The lowest BCUT2D eigenvalue weighted by molar-refractivity contribution is -0.129. The van der Waals surface area contributed by atoms with Gasteiger partial charge in [-0.25, -0.2) is 9.38 Å². The van der Waals surface area contributed by atoms with Crippen LogP contribution in [0.5, 0.6) is 5.75 Å². The van der Waals surface area contributed by atoms with E-state index in [0.29, 0.717) is 23.1 Å². The van der Waals surface area contributed by atoms with Gasteiger partial charge in [0.1, 0.15) is 16.8 Å². The Bertz CT molecular complexity index is 1030. The molecule has 11 heteroatoms. The molecule has 0 radical (unpaired) electrons. The van der Waals surface area contributed by atoms with Crippen molar-refractivity contribution in [3.8, 4) is 5.75 Å². The van der Waals surface area contributed by atoms with Crippen LogP contribution in [0.1, 0.15) is 20.3 Å². The molecule has 1 aliphatic heterocycles. The van der Waals surface area contributed by atoms with E-state index in [4.69, 9.17) is 11.6 Å². The maximum absolute atomic E-state index is 13.2. The largest absolute Gasteiger partial charge is 0.487 e. The topological polar surface area (TPSA) is 71.0 Å². The van der Waals surface area contributed by atoms with E-state index in [0.717, 1.165) is 11.8 Å². The van der Waals surface area contributed by atoms with E-state index in [1.165, 1.54) is 53.4 Å². The lowest BCUT2D eigenvalue weighted by Crippen LogP contribution is -2.46. The van der Waals surface area contributed by atoms with Gasteiger partial charge in [-0.2, -0.15) is 0 Å². The second-order valence-electron chi connectivity index (χ2n) is 7.64. The minimum absolute atomic E-state index is 0.0364. The van der Waals surface area contributed by atoms with Gasteiger partial charge in [-0.1, -0.05) is 25.6 Å². The van der Waals surface area contributed by atoms with Gasteiger partial charge in [0, 0.05) is 30.3 Å². The number of ether oxygens (including phenoxy) is 1. The molecule has 1 saturated heterocycles. The summed E-state index contributed by atoms with van der Waals surface area (Å²) >= 11 is 5.87. The molecule has 3 rings (SSSR count). The van der Waals surface area contributed by atoms with Crippen molar-refractivity contribution in [3.05, 3.63) is 54.3 Å². The number of anilines is 1. The van der Waals surface area contributed by atoms with Crippen LogP contribution in [0.15, 0.2) is 53.5 Å². The summed E-state index contributed by atoms with van der Waals surface area (Å²) < 4.78 is 42.9. The molecule has 2 aromatic rings. The number of hydrogen-bond acceptors (Lipinski definition) is 5. The number of amides is 2. The molecule has 1 aliphatic rings. The van der Waals surface area contributed by atoms with Gasteiger partial charge < -0.3 is 10.1 Å². The third-order valence-corrected chi connectivity index (χ3v) is 5.65. The van der Waals surface area contributed by atoms with Crippen molar-refractivity contribution >= 4 is 51.7 Å². The highest BCUT2D eigenvalue weighted by Crippen LogP contribution is 2.31. The van der Waals surface area contributed by atoms with Crippen molar-refractivity contribution in [2.75, 3.05) is 11.9 Å². The van der Waals surface area contributed by atoms with Crippen molar-refractivity contribution in [2.24, 2.45) is 10.9 Å². The molecule has 2 amide bonds. The third kappa shape index (κ3) is 7.40. The number of halogens is 4. The fourth-order valence-electron chi connectivity index (χ4n) is 2.97. The molecule has 0 spiro atoms. The second kappa shape index (κ2) is 10.5. The number of carbonyl (C=O) groups is 2. The summed E-state index contributed by atoms with van der Waals surface area (Å²) in [6.45, 7) is 4.34. The maximum Gasteiger partial charge on any atom is 0.487 e. The minimum Gasteiger partial charge on any atom is -0.420 e. The fraction of sp³-hybridized carbons (Fsp3) is 0.318. The number of nitrogens with zero attached hydrogens (tertiary/aromatic N) is 2. The first kappa shape index (κ1) is 24.9. The zero-order chi connectivity index (χ0) is 24.2. The number of alkyl halides is 3. The van der Waals surface area contributed by atoms with Gasteiger partial charge in [0.2, 0.25) is 11.8 Å². The van der Waals surface area contributed by atoms with Gasteiger partial charge in [0.25, 0.3) is 0 Å². The summed E-state index contributed by atoms with van der Waals surface area (Å²) in [7, 11) is 0. The zero-order valence-electron chi connectivity index (χ0n) is 17.7. The zero-order valence-corrected chi connectivity index (χ0v) is 19.3. The number of benzene rings is 2. The molecule has 0 unspecified atom stereocenters. The molecular weight excluding hydrogens is 479 g/mol. The van der Waals surface area contributed by atoms with Crippen molar-refractivity contribution < 1.29 is 27.5 Å². The predicted octanol–water partition coefficient (Wildman–Crippen LogP) is 5.61. The van der Waals surface area contributed by atoms with Crippen LogP contribution in [-0.2, 0) is 9.59 Å². The van der Waals surface area contributed by atoms with Crippen LogP contribution in [0.4, 0.5) is 24.5 Å². The first-order chi connectivity index (χ1) is 15.5. The number of rotatable bonds is 7. The van der Waals surface area contributed by atoms with Crippen LogP contribution in [0.25, 0.3) is 0 Å². The minimum atomic E-state index is -3.84. The molecule has 2 aromatic carbocycles. The number of nitrogens with one attached hydrogen (secondary N) is 1. The van der Waals surface area contributed by atoms with Crippen LogP contribution < -0.4 is 10.1 Å². The first-order valence-electron chi connectivity index (χ1n) is 9.98. The van der Waals surface area contributed by atoms with Crippen LogP contribution in [0.3, 0.4) is 0 Å². The van der Waals surface area contributed by atoms with E-state index in [1.54, 1.807) is 0 Å². The van der Waals surface area contributed by atoms with Crippen molar-refractivity contribution in [3.63, 3.8) is 0 Å². The molecule has 0 aliphatic carbocycles. The molecule has 1 fully saturated rings. The highest BCUT2D eigenvalue weighted by atomic mass is 35.5. The quantitative estimate of drug-likeness (QED) is 0.503. The summed E-state index contributed by atoms with van der Waals surface area (Å²) in [6, 6.07) is 10.7. The first-order valence-corrected chi connectivity index (χ1v) is 11.2. The molecule has 176 valence electrons. The van der Waals surface area contributed by atoms with E-state index in [1.807, 2.05) is 13.8 Å². The van der Waals surface area contributed by atoms with E-state index in [2.05, 4.69) is 15.0 Å². The number of aliphatic imine (C=N–C) groups is 1. The lowest BCUT2D eigenvalue weighted by Gasteiger charge is -2.32. The smallest absolute Gasteiger partial charge is 0.420 e. The van der Waals surface area contributed by atoms with Gasteiger partial charge in [-0.15, -0.1) is 8.78 Å². The maximum atomic E-state index is 13.2. The lowest BCUT2D eigenvalue weighted by atomic mass is 10.2. The Labute approximate surface area is 198 Å². The van der Waals surface area contributed by atoms with Crippen LogP contribution in [0, 0.1) is 11.7 Å². The average molecular weight is 500 g/mol. The number of amidine groups is 1. The normalized spacial score (nSPS) is 18.0. The van der Waals surface area contributed by atoms with Crippen molar-refractivity contribution in [1.29, 1.82) is 0 Å². The van der Waals surface area contributed by atoms with Crippen LogP contribution in [0.2, 0.25) is 0 Å². The molecule has 1 N–H and O–H groups in total. The summed E-state index contributed by atoms with van der Waals surface area (Å²) in [5.74, 6) is -1.11. The molecule has 0 aromatic heterocycles. The molecule has 0 bridgehead atoms. The van der Waals surface area contributed by atoms with Crippen molar-refractivity contribution in [2.45, 2.75) is 31.1 Å². The van der Waals surface area contributed by atoms with Gasteiger partial charge in [-0.05, 0) is 54.4 Å². The molecular formula is C22H21ClF3N3O3S. The number of hydrogen-bond donors (Lipinski definition) is 1. The Morgan fingerprint density at radius 1 is 1.24 bits per heavy atom. The fourth-order valence-corrected chi connectivity index (χ4v) is 4.17. The van der Waals surface area contributed by atoms with Gasteiger partial charge in [-0.3, -0.25) is 14.5 Å². The monoisotopic (exact) mass is 499 g/mol. The van der Waals surface area contributed by atoms with E-state index in [9.17, 15) is 22.8 Å². The number of carbonyl (C=O) groups excluding carboxylic acids is 2. The molecule has 1 heterocycles. The molecule has 6 nitrogen and oxygen atoms in total. The van der Waals surface area contributed by atoms with Crippen LogP contribution >= 0.6 is 23.4 Å². The Kier molecular flexibility index (Phi) is 7.91. The van der Waals surface area contributed by atoms with E-state index >= 15 is 0 Å². The highest BCUT2D eigenvalue weighted by Gasteiger charge is 2.36. The summed E-state index contributed by atoms with van der Waals surface area (Å²) in [4.78, 5) is 31.6. The Morgan fingerprint density at radius 2 is 1.88 bits per heavy atom. The van der Waals surface area contributed by atoms with Gasteiger partial charge in [0.05, 0.1) is 5.69 Å². The molecule has 1 atom stereocenters. The van der Waals surface area contributed by atoms with Crippen molar-refractivity contribution in [1.82, 2.24) is 4.90 Å². The Hall–Kier alpha value is -2.72. The van der Waals surface area contributed by atoms with E-state index < -0.39 is 22.5 Å². The Balaban J connectivity index is 1.75. The standard InChI is InChI=1S/C22H21ClF3N3O3S/c1-13(2)12-29-19(30)11-18(33-21(29)28-16-5-3-14(24)4-6-16)20(31)27-15-7-9-17(10-8-15)32-22(23,25)26/h3-10,13,18H,11-12H2,1-2H3,(H,27,31)/t18-/m1/s1. The second-order valence-corrected chi connectivity index (χ2v) is 9.25. The highest BCUT2D eigenvalue weighted by molar-refractivity contribution is 8.15. The average Bonchev–Trinajstić information content (AvgIpc) is 2.72. The van der Waals surface area contributed by atoms with Gasteiger partial charge >= 0.3 is 5.57 Å². The van der Waals surface area contributed by atoms with Crippen LogP contribution in [-0.4, -0.2) is 39.2 Å².